The van der Waals surface area contributed by atoms with Crippen molar-refractivity contribution in [2.75, 3.05) is 0 Å². The van der Waals surface area contributed by atoms with Crippen LogP contribution in [0.25, 0.3) is 0 Å². The van der Waals surface area contributed by atoms with Crippen LogP contribution in [0.1, 0.15) is 27.4 Å². The molecule has 0 bridgehead atoms. The molecule has 2 aromatic rings. The molecule has 94 valence electrons. The molecule has 0 amide bonds. The number of furan rings is 1. The van der Waals surface area contributed by atoms with E-state index in [1.165, 1.54) is 12.1 Å². The van der Waals surface area contributed by atoms with Gasteiger partial charge in [-0.25, -0.2) is 4.39 Å². The van der Waals surface area contributed by atoms with Crippen molar-refractivity contribution in [1.82, 2.24) is 0 Å². The van der Waals surface area contributed by atoms with Crippen molar-refractivity contribution in [2.45, 2.75) is 20.3 Å². The van der Waals surface area contributed by atoms with Crippen molar-refractivity contribution in [3.8, 4) is 0 Å². The minimum Gasteiger partial charge on any atom is -0.466 e. The number of aryl methyl sites for hydroxylation is 2. The van der Waals surface area contributed by atoms with Crippen molar-refractivity contribution in [2.24, 2.45) is 0 Å². The first-order chi connectivity index (χ1) is 8.49. The lowest BCUT2D eigenvalue weighted by molar-refractivity contribution is 0.0991. The quantitative estimate of drug-likeness (QED) is 0.783. The SMILES string of the molecule is Cc1cc(C(=O)Cc2cccc(F)c2Cl)c(C)o1. The highest BCUT2D eigenvalue weighted by atomic mass is 35.5. The van der Waals surface area contributed by atoms with Gasteiger partial charge in [0.05, 0.1) is 10.6 Å². The first-order valence-corrected chi connectivity index (χ1v) is 5.90. The van der Waals surface area contributed by atoms with Gasteiger partial charge in [0, 0.05) is 6.42 Å². The molecular formula is C14H12ClFO2. The van der Waals surface area contributed by atoms with Gasteiger partial charge in [-0.15, -0.1) is 0 Å². The molecule has 0 atom stereocenters. The van der Waals surface area contributed by atoms with Gasteiger partial charge in [-0.3, -0.25) is 4.79 Å². The van der Waals surface area contributed by atoms with Crippen LogP contribution in [0.2, 0.25) is 5.02 Å². The van der Waals surface area contributed by atoms with Crippen LogP contribution >= 0.6 is 11.6 Å². The summed E-state index contributed by atoms with van der Waals surface area (Å²) in [6, 6.07) is 6.14. The van der Waals surface area contributed by atoms with E-state index >= 15 is 0 Å². The molecule has 0 radical (unpaired) electrons. The lowest BCUT2D eigenvalue weighted by Crippen LogP contribution is -2.04. The topological polar surface area (TPSA) is 30.2 Å². The molecule has 0 fully saturated rings. The third-order valence-electron chi connectivity index (χ3n) is 2.72. The van der Waals surface area contributed by atoms with Gasteiger partial charge in [-0.05, 0) is 31.5 Å². The third kappa shape index (κ3) is 2.46. The summed E-state index contributed by atoms with van der Waals surface area (Å²) in [5.41, 5.74) is 1.01. The molecule has 0 unspecified atom stereocenters. The minimum absolute atomic E-state index is 0.00344. The molecule has 2 rings (SSSR count). The predicted octanol–water partition coefficient (Wildman–Crippen LogP) is 4.11. The zero-order chi connectivity index (χ0) is 13.3. The van der Waals surface area contributed by atoms with Gasteiger partial charge in [0.2, 0.25) is 0 Å². The maximum Gasteiger partial charge on any atom is 0.170 e. The zero-order valence-electron chi connectivity index (χ0n) is 10.1. The van der Waals surface area contributed by atoms with Crippen LogP contribution < -0.4 is 0 Å². The second-order valence-electron chi connectivity index (χ2n) is 4.14. The fourth-order valence-corrected chi connectivity index (χ4v) is 2.05. The van der Waals surface area contributed by atoms with E-state index in [4.69, 9.17) is 16.0 Å². The van der Waals surface area contributed by atoms with Crippen LogP contribution in [0.15, 0.2) is 28.7 Å². The van der Waals surface area contributed by atoms with Gasteiger partial charge < -0.3 is 4.42 Å². The van der Waals surface area contributed by atoms with Crippen LogP contribution in [0.4, 0.5) is 4.39 Å². The summed E-state index contributed by atoms with van der Waals surface area (Å²) in [5, 5.41) is 0.00344. The van der Waals surface area contributed by atoms with E-state index < -0.39 is 5.82 Å². The summed E-state index contributed by atoms with van der Waals surface area (Å²) in [6.07, 6.45) is 0.0659. The Morgan fingerprint density at radius 2 is 2.11 bits per heavy atom. The number of hydrogen-bond donors (Lipinski definition) is 0. The molecule has 4 heteroatoms. The molecule has 1 aromatic carbocycles. The van der Waals surface area contributed by atoms with Gasteiger partial charge in [0.1, 0.15) is 17.3 Å². The van der Waals surface area contributed by atoms with Crippen LogP contribution in [-0.4, -0.2) is 5.78 Å². The van der Waals surface area contributed by atoms with Crippen molar-refractivity contribution in [1.29, 1.82) is 0 Å². The van der Waals surface area contributed by atoms with Crippen LogP contribution in [0.5, 0.6) is 0 Å². The molecule has 0 aliphatic carbocycles. The van der Waals surface area contributed by atoms with Gasteiger partial charge in [-0.1, -0.05) is 23.7 Å². The Kier molecular flexibility index (Phi) is 3.53. The first-order valence-electron chi connectivity index (χ1n) is 5.52. The normalized spacial score (nSPS) is 10.7. The Hall–Kier alpha value is -1.61. The number of carbonyl (C=O) groups excluding carboxylic acids is 1. The fraction of sp³-hybridized carbons (Fsp3) is 0.214. The molecule has 18 heavy (non-hydrogen) atoms. The van der Waals surface area contributed by atoms with Crippen LogP contribution in [0, 0.1) is 19.7 Å². The third-order valence-corrected chi connectivity index (χ3v) is 3.15. The monoisotopic (exact) mass is 266 g/mol. The summed E-state index contributed by atoms with van der Waals surface area (Å²) in [4.78, 5) is 12.1. The second-order valence-corrected chi connectivity index (χ2v) is 4.52. The van der Waals surface area contributed by atoms with Gasteiger partial charge >= 0.3 is 0 Å². The summed E-state index contributed by atoms with van der Waals surface area (Å²) in [7, 11) is 0. The second kappa shape index (κ2) is 4.94. The lowest BCUT2D eigenvalue weighted by atomic mass is 10.0. The molecule has 0 spiro atoms. The number of hydrogen-bond acceptors (Lipinski definition) is 2. The number of ketones is 1. The van der Waals surface area contributed by atoms with Crippen molar-refractivity contribution in [3.05, 3.63) is 57.8 Å². The van der Waals surface area contributed by atoms with Crippen molar-refractivity contribution < 1.29 is 13.6 Å². The summed E-state index contributed by atoms with van der Waals surface area (Å²) >= 11 is 5.82. The predicted molar refractivity (Wildman–Crippen MR) is 67.6 cm³/mol. The van der Waals surface area contributed by atoms with E-state index in [1.54, 1.807) is 26.0 Å². The number of carbonyl (C=O) groups is 1. The Labute approximate surface area is 109 Å². The highest BCUT2D eigenvalue weighted by Gasteiger charge is 2.16. The zero-order valence-corrected chi connectivity index (χ0v) is 10.8. The molecule has 2 nitrogen and oxygen atoms in total. The minimum atomic E-state index is -0.512. The van der Waals surface area contributed by atoms with Gasteiger partial charge in [0.15, 0.2) is 5.78 Å². The molecule has 1 aromatic heterocycles. The van der Waals surface area contributed by atoms with Gasteiger partial charge in [-0.2, -0.15) is 0 Å². The van der Waals surface area contributed by atoms with Crippen LogP contribution in [0.3, 0.4) is 0 Å². The largest absolute Gasteiger partial charge is 0.466 e. The first kappa shape index (κ1) is 12.8. The average Bonchev–Trinajstić information content (AvgIpc) is 2.64. The fourth-order valence-electron chi connectivity index (χ4n) is 1.86. The molecule has 0 N–H and O–H groups in total. The van der Waals surface area contributed by atoms with Crippen molar-refractivity contribution in [3.63, 3.8) is 0 Å². The highest BCUT2D eigenvalue weighted by Crippen LogP contribution is 2.22. The van der Waals surface area contributed by atoms with E-state index in [1.807, 2.05) is 0 Å². The Morgan fingerprint density at radius 3 is 2.72 bits per heavy atom. The lowest BCUT2D eigenvalue weighted by Gasteiger charge is -2.03. The highest BCUT2D eigenvalue weighted by molar-refractivity contribution is 6.31. The van der Waals surface area contributed by atoms with Crippen LogP contribution in [-0.2, 0) is 6.42 Å². The molecule has 0 aliphatic rings. The smallest absolute Gasteiger partial charge is 0.170 e. The van der Waals surface area contributed by atoms with Crippen molar-refractivity contribution >= 4 is 17.4 Å². The van der Waals surface area contributed by atoms with E-state index in [-0.39, 0.29) is 17.2 Å². The van der Waals surface area contributed by atoms with E-state index in [0.717, 1.165) is 0 Å². The number of Topliss-reactive ketones (excluding diaryl/α,β-unsaturated/α-hetero) is 1. The summed E-state index contributed by atoms with van der Waals surface area (Å²) in [6.45, 7) is 3.51. The van der Waals surface area contributed by atoms with E-state index in [2.05, 4.69) is 0 Å². The maximum absolute atomic E-state index is 13.3. The van der Waals surface area contributed by atoms with Gasteiger partial charge in [0.25, 0.3) is 0 Å². The molecule has 0 saturated carbocycles. The number of rotatable bonds is 3. The van der Waals surface area contributed by atoms with E-state index in [0.29, 0.717) is 22.6 Å². The Balaban J connectivity index is 2.27. The summed E-state index contributed by atoms with van der Waals surface area (Å²) < 4.78 is 18.6. The molecular weight excluding hydrogens is 255 g/mol. The Bertz CT molecular complexity index is 602. The Morgan fingerprint density at radius 1 is 1.39 bits per heavy atom. The molecule has 1 heterocycles. The molecule has 0 saturated heterocycles. The molecule has 0 aliphatic heterocycles. The average molecular weight is 267 g/mol. The standard InChI is InChI=1S/C14H12ClFO2/c1-8-6-11(9(2)18-8)13(17)7-10-4-3-5-12(16)14(10)15/h3-6H,7H2,1-2H3. The van der Waals surface area contributed by atoms with E-state index in [9.17, 15) is 9.18 Å². The maximum atomic E-state index is 13.3. The number of benzene rings is 1. The number of halogens is 2. The summed E-state index contributed by atoms with van der Waals surface area (Å²) in [5.74, 6) is 0.616.